The SMILES string of the molecule is COC(=O)C(COc1ccccc1)C(=O)O. The highest BCUT2D eigenvalue weighted by molar-refractivity contribution is 5.94. The lowest BCUT2D eigenvalue weighted by Crippen LogP contribution is -2.30. The third-order valence-electron chi connectivity index (χ3n) is 1.94. The Morgan fingerprint density at radius 3 is 2.44 bits per heavy atom. The van der Waals surface area contributed by atoms with Crippen molar-refractivity contribution in [2.75, 3.05) is 13.7 Å². The van der Waals surface area contributed by atoms with Crippen LogP contribution in [0.3, 0.4) is 0 Å². The molecule has 1 atom stereocenters. The average Bonchev–Trinajstić information content (AvgIpc) is 2.30. The molecule has 86 valence electrons. The summed E-state index contributed by atoms with van der Waals surface area (Å²) in [5.41, 5.74) is 0. The van der Waals surface area contributed by atoms with E-state index in [0.717, 1.165) is 7.11 Å². The molecule has 0 heterocycles. The number of esters is 1. The van der Waals surface area contributed by atoms with E-state index in [1.165, 1.54) is 0 Å². The van der Waals surface area contributed by atoms with E-state index in [-0.39, 0.29) is 6.61 Å². The van der Waals surface area contributed by atoms with E-state index in [1.807, 2.05) is 6.07 Å². The molecule has 0 aliphatic carbocycles. The molecule has 0 aliphatic rings. The minimum atomic E-state index is -1.30. The van der Waals surface area contributed by atoms with E-state index in [2.05, 4.69) is 4.74 Å². The fourth-order valence-electron chi connectivity index (χ4n) is 1.08. The van der Waals surface area contributed by atoms with Crippen molar-refractivity contribution < 1.29 is 24.2 Å². The van der Waals surface area contributed by atoms with Gasteiger partial charge in [-0.25, -0.2) is 0 Å². The van der Waals surface area contributed by atoms with Crippen LogP contribution < -0.4 is 4.74 Å². The Morgan fingerprint density at radius 1 is 1.31 bits per heavy atom. The minimum absolute atomic E-state index is 0.244. The first-order valence-electron chi connectivity index (χ1n) is 4.63. The summed E-state index contributed by atoms with van der Waals surface area (Å²) in [5.74, 6) is -2.87. The molecule has 1 unspecified atom stereocenters. The molecule has 1 N–H and O–H groups in total. The molecule has 1 aromatic carbocycles. The Morgan fingerprint density at radius 2 is 1.94 bits per heavy atom. The van der Waals surface area contributed by atoms with Gasteiger partial charge in [-0.15, -0.1) is 0 Å². The zero-order valence-corrected chi connectivity index (χ0v) is 8.75. The first-order valence-corrected chi connectivity index (χ1v) is 4.63. The van der Waals surface area contributed by atoms with Gasteiger partial charge in [-0.05, 0) is 12.1 Å². The number of benzene rings is 1. The Balaban J connectivity index is 2.57. The van der Waals surface area contributed by atoms with Crippen LogP contribution >= 0.6 is 0 Å². The van der Waals surface area contributed by atoms with Crippen LogP contribution in [0.25, 0.3) is 0 Å². The number of methoxy groups -OCH3 is 1. The molecule has 5 nitrogen and oxygen atoms in total. The lowest BCUT2D eigenvalue weighted by Gasteiger charge is -2.11. The van der Waals surface area contributed by atoms with Crippen LogP contribution in [0.4, 0.5) is 0 Å². The van der Waals surface area contributed by atoms with Gasteiger partial charge in [-0.1, -0.05) is 18.2 Å². The molecule has 0 aliphatic heterocycles. The Hall–Kier alpha value is -2.04. The second kappa shape index (κ2) is 5.75. The fraction of sp³-hybridized carbons (Fsp3) is 0.273. The maximum Gasteiger partial charge on any atom is 0.323 e. The van der Waals surface area contributed by atoms with E-state index in [1.54, 1.807) is 24.3 Å². The molecular formula is C11H12O5. The molecule has 0 amide bonds. The van der Waals surface area contributed by atoms with E-state index >= 15 is 0 Å². The monoisotopic (exact) mass is 224 g/mol. The lowest BCUT2D eigenvalue weighted by molar-refractivity contribution is -0.158. The number of carboxylic acids is 1. The number of aliphatic carboxylic acids is 1. The summed E-state index contributed by atoms with van der Waals surface area (Å²) in [6.07, 6.45) is 0. The predicted molar refractivity (Wildman–Crippen MR) is 55.1 cm³/mol. The van der Waals surface area contributed by atoms with Crippen LogP contribution in [0.5, 0.6) is 5.75 Å². The molecular weight excluding hydrogens is 212 g/mol. The topological polar surface area (TPSA) is 72.8 Å². The quantitative estimate of drug-likeness (QED) is 0.595. The largest absolute Gasteiger partial charge is 0.492 e. The van der Waals surface area contributed by atoms with Gasteiger partial charge in [0.2, 0.25) is 0 Å². The van der Waals surface area contributed by atoms with Crippen molar-refractivity contribution in [1.82, 2.24) is 0 Å². The van der Waals surface area contributed by atoms with E-state index in [9.17, 15) is 9.59 Å². The highest BCUT2D eigenvalue weighted by Gasteiger charge is 2.28. The van der Waals surface area contributed by atoms with Gasteiger partial charge in [0.25, 0.3) is 0 Å². The normalized spacial score (nSPS) is 11.6. The molecule has 1 aromatic rings. The third-order valence-corrected chi connectivity index (χ3v) is 1.94. The van der Waals surface area contributed by atoms with Crippen molar-refractivity contribution in [1.29, 1.82) is 0 Å². The standard InChI is InChI=1S/C11H12O5/c1-15-11(14)9(10(12)13)7-16-8-5-3-2-4-6-8/h2-6,9H,7H2,1H3,(H,12,13). The molecule has 0 fully saturated rings. The maximum atomic E-state index is 11.1. The zero-order chi connectivity index (χ0) is 12.0. The maximum absolute atomic E-state index is 11.1. The fourth-order valence-corrected chi connectivity index (χ4v) is 1.08. The molecule has 16 heavy (non-hydrogen) atoms. The number of hydrogen-bond acceptors (Lipinski definition) is 4. The van der Waals surface area contributed by atoms with Gasteiger partial charge in [0.05, 0.1) is 7.11 Å². The lowest BCUT2D eigenvalue weighted by atomic mass is 10.2. The smallest absolute Gasteiger partial charge is 0.323 e. The van der Waals surface area contributed by atoms with Gasteiger partial charge >= 0.3 is 11.9 Å². The summed E-state index contributed by atoms with van der Waals surface area (Å²) in [5, 5.41) is 8.77. The van der Waals surface area contributed by atoms with Crippen molar-refractivity contribution in [2.24, 2.45) is 5.92 Å². The average molecular weight is 224 g/mol. The first kappa shape index (κ1) is 12.0. The molecule has 0 spiro atoms. The van der Waals surface area contributed by atoms with Crippen LogP contribution in [0.1, 0.15) is 0 Å². The van der Waals surface area contributed by atoms with E-state index < -0.39 is 17.9 Å². The number of hydrogen-bond donors (Lipinski definition) is 1. The first-order chi connectivity index (χ1) is 7.65. The highest BCUT2D eigenvalue weighted by Crippen LogP contribution is 2.10. The molecule has 0 bridgehead atoms. The van der Waals surface area contributed by atoms with E-state index in [4.69, 9.17) is 9.84 Å². The van der Waals surface area contributed by atoms with Gasteiger partial charge in [0, 0.05) is 0 Å². The van der Waals surface area contributed by atoms with Crippen LogP contribution in [-0.4, -0.2) is 30.8 Å². The van der Waals surface area contributed by atoms with Crippen LogP contribution in [0, 0.1) is 5.92 Å². The molecule has 0 radical (unpaired) electrons. The van der Waals surface area contributed by atoms with Gasteiger partial charge in [-0.3, -0.25) is 9.59 Å². The van der Waals surface area contributed by atoms with E-state index in [0.29, 0.717) is 5.75 Å². The number of ether oxygens (including phenoxy) is 2. The van der Waals surface area contributed by atoms with Gasteiger partial charge in [0.15, 0.2) is 5.92 Å². The zero-order valence-electron chi connectivity index (χ0n) is 8.75. The molecule has 5 heteroatoms. The molecule has 0 aromatic heterocycles. The molecule has 0 saturated heterocycles. The second-order valence-electron chi connectivity index (χ2n) is 3.04. The number of rotatable bonds is 5. The van der Waals surface area contributed by atoms with Gasteiger partial charge in [0.1, 0.15) is 12.4 Å². The van der Waals surface area contributed by atoms with Crippen molar-refractivity contribution in [2.45, 2.75) is 0 Å². The van der Waals surface area contributed by atoms with Crippen molar-refractivity contribution in [3.8, 4) is 5.75 Å². The number of carbonyl (C=O) groups excluding carboxylic acids is 1. The summed E-state index contributed by atoms with van der Waals surface area (Å²) in [7, 11) is 1.14. The van der Waals surface area contributed by atoms with Crippen LogP contribution in [0.2, 0.25) is 0 Å². The summed E-state index contributed by atoms with van der Waals surface area (Å²) in [6, 6.07) is 8.67. The van der Waals surface area contributed by atoms with Gasteiger partial charge in [-0.2, -0.15) is 0 Å². The predicted octanol–water partition coefficient (Wildman–Crippen LogP) is 0.939. The summed E-state index contributed by atoms with van der Waals surface area (Å²) < 4.78 is 9.53. The summed E-state index contributed by atoms with van der Waals surface area (Å²) in [6.45, 7) is -0.244. The summed E-state index contributed by atoms with van der Waals surface area (Å²) >= 11 is 0. The third kappa shape index (κ3) is 3.27. The Kier molecular flexibility index (Phi) is 4.32. The Labute approximate surface area is 92.6 Å². The number of carbonyl (C=O) groups is 2. The second-order valence-corrected chi connectivity index (χ2v) is 3.04. The molecule has 0 saturated carbocycles. The van der Waals surface area contributed by atoms with Crippen molar-refractivity contribution >= 4 is 11.9 Å². The van der Waals surface area contributed by atoms with Crippen LogP contribution in [-0.2, 0) is 14.3 Å². The van der Waals surface area contributed by atoms with Gasteiger partial charge < -0.3 is 14.6 Å². The summed E-state index contributed by atoms with van der Waals surface area (Å²) in [4.78, 5) is 21.8. The van der Waals surface area contributed by atoms with Crippen molar-refractivity contribution in [3.63, 3.8) is 0 Å². The Bertz CT molecular complexity index is 360. The number of para-hydroxylation sites is 1. The minimum Gasteiger partial charge on any atom is -0.492 e. The number of carboxylic acid groups (broad SMARTS) is 1. The van der Waals surface area contributed by atoms with Crippen LogP contribution in [0.15, 0.2) is 30.3 Å². The highest BCUT2D eigenvalue weighted by atomic mass is 16.5. The van der Waals surface area contributed by atoms with Crippen molar-refractivity contribution in [3.05, 3.63) is 30.3 Å². The molecule has 1 rings (SSSR count).